The molecule has 0 spiro atoms. The molecule has 1 aromatic heterocycles. The highest BCUT2D eigenvalue weighted by molar-refractivity contribution is 5.58. The van der Waals surface area contributed by atoms with Gasteiger partial charge in [0.2, 0.25) is 11.7 Å². The van der Waals surface area contributed by atoms with Gasteiger partial charge in [-0.1, -0.05) is 5.16 Å². The molecule has 0 aliphatic rings. The third-order valence-electron chi connectivity index (χ3n) is 3.12. The monoisotopic (exact) mass is 289 g/mol. The van der Waals surface area contributed by atoms with E-state index in [0.29, 0.717) is 11.7 Å². The van der Waals surface area contributed by atoms with Crippen molar-refractivity contribution in [2.45, 2.75) is 39.7 Å². The van der Waals surface area contributed by atoms with Gasteiger partial charge < -0.3 is 14.6 Å². The van der Waals surface area contributed by atoms with Crippen molar-refractivity contribution in [3.05, 3.63) is 29.7 Å². The Bertz CT molecular complexity index is 600. The first-order valence-corrected chi connectivity index (χ1v) is 7.12. The summed E-state index contributed by atoms with van der Waals surface area (Å²) in [6.07, 6.45) is 0.722. The number of hydrogen-bond acceptors (Lipinski definition) is 5. The van der Waals surface area contributed by atoms with Crippen molar-refractivity contribution in [3.8, 4) is 17.1 Å². The molecule has 2 rings (SSSR count). The minimum atomic E-state index is 0.0932. The van der Waals surface area contributed by atoms with Crippen LogP contribution in [-0.2, 0) is 6.42 Å². The molecule has 0 aliphatic carbocycles. The summed E-state index contributed by atoms with van der Waals surface area (Å²) in [5.41, 5.74) is 2.08. The number of aromatic nitrogens is 2. The predicted molar refractivity (Wildman–Crippen MR) is 82.5 cm³/mol. The average Bonchev–Trinajstić information content (AvgIpc) is 2.86. The van der Waals surface area contributed by atoms with Crippen LogP contribution in [0.5, 0.6) is 5.75 Å². The van der Waals surface area contributed by atoms with Gasteiger partial charge in [-0.3, -0.25) is 0 Å². The number of hydrogen-bond donors (Lipinski definition) is 1. The zero-order chi connectivity index (χ0) is 15.5. The molecular weight excluding hydrogens is 266 g/mol. The fourth-order valence-corrected chi connectivity index (χ4v) is 2.04. The number of aryl methyl sites for hydroxylation is 1. The minimum absolute atomic E-state index is 0.0932. The molecular formula is C16H23N3O2. The molecule has 1 N–H and O–H groups in total. The van der Waals surface area contributed by atoms with Crippen molar-refractivity contribution in [1.82, 2.24) is 15.5 Å². The summed E-state index contributed by atoms with van der Waals surface area (Å²) in [4.78, 5) is 4.44. The van der Waals surface area contributed by atoms with Crippen molar-refractivity contribution in [2.75, 3.05) is 13.7 Å². The Morgan fingerprint density at radius 3 is 2.67 bits per heavy atom. The van der Waals surface area contributed by atoms with Crippen LogP contribution in [0.4, 0.5) is 0 Å². The molecule has 114 valence electrons. The van der Waals surface area contributed by atoms with E-state index < -0.39 is 0 Å². The second-order valence-electron chi connectivity index (χ2n) is 6.12. The van der Waals surface area contributed by atoms with Crippen molar-refractivity contribution in [1.29, 1.82) is 0 Å². The summed E-state index contributed by atoms with van der Waals surface area (Å²) < 4.78 is 10.6. The van der Waals surface area contributed by atoms with E-state index in [9.17, 15) is 0 Å². The van der Waals surface area contributed by atoms with Gasteiger partial charge in [-0.25, -0.2) is 0 Å². The van der Waals surface area contributed by atoms with E-state index in [4.69, 9.17) is 9.26 Å². The molecule has 1 aromatic carbocycles. The molecule has 0 atom stereocenters. The van der Waals surface area contributed by atoms with Gasteiger partial charge in [-0.15, -0.1) is 0 Å². The van der Waals surface area contributed by atoms with Crippen LogP contribution >= 0.6 is 0 Å². The van der Waals surface area contributed by atoms with Gasteiger partial charge in [0.15, 0.2) is 0 Å². The SMILES string of the molecule is COc1ccc(-c2noc(CCNC(C)(C)C)n2)cc1C. The normalized spacial score (nSPS) is 11.7. The molecule has 5 heteroatoms. The Kier molecular flexibility index (Phi) is 4.63. The fourth-order valence-electron chi connectivity index (χ4n) is 2.04. The molecule has 0 saturated carbocycles. The van der Waals surface area contributed by atoms with Gasteiger partial charge in [-0.05, 0) is 51.5 Å². The van der Waals surface area contributed by atoms with Crippen molar-refractivity contribution in [2.24, 2.45) is 0 Å². The zero-order valence-electron chi connectivity index (χ0n) is 13.4. The van der Waals surface area contributed by atoms with E-state index in [1.165, 1.54) is 0 Å². The lowest BCUT2D eigenvalue weighted by atomic mass is 10.1. The number of ether oxygens (including phenoxy) is 1. The highest BCUT2D eigenvalue weighted by Gasteiger charge is 2.12. The van der Waals surface area contributed by atoms with E-state index in [0.717, 1.165) is 29.8 Å². The standard InChI is InChI=1S/C16H23N3O2/c1-11-10-12(6-7-13(11)20-5)15-18-14(21-19-15)8-9-17-16(2,3)4/h6-7,10,17H,8-9H2,1-5H3. The average molecular weight is 289 g/mol. The number of benzene rings is 1. The molecule has 1 heterocycles. The molecule has 0 fully saturated rings. The van der Waals surface area contributed by atoms with Gasteiger partial charge in [0.05, 0.1) is 7.11 Å². The quantitative estimate of drug-likeness (QED) is 0.917. The number of nitrogens with zero attached hydrogens (tertiary/aromatic N) is 2. The first kappa shape index (κ1) is 15.5. The lowest BCUT2D eigenvalue weighted by Crippen LogP contribution is -2.37. The minimum Gasteiger partial charge on any atom is -0.496 e. The summed E-state index contributed by atoms with van der Waals surface area (Å²) in [5.74, 6) is 2.12. The van der Waals surface area contributed by atoms with E-state index in [1.807, 2.05) is 25.1 Å². The van der Waals surface area contributed by atoms with Crippen LogP contribution in [0.2, 0.25) is 0 Å². The Labute approximate surface area is 125 Å². The number of methoxy groups -OCH3 is 1. The van der Waals surface area contributed by atoms with E-state index in [1.54, 1.807) is 7.11 Å². The van der Waals surface area contributed by atoms with Crippen LogP contribution in [0.1, 0.15) is 32.2 Å². The number of nitrogens with one attached hydrogen (secondary N) is 1. The first-order valence-electron chi connectivity index (χ1n) is 7.12. The Balaban J connectivity index is 2.04. The van der Waals surface area contributed by atoms with Crippen LogP contribution in [0.15, 0.2) is 22.7 Å². The van der Waals surface area contributed by atoms with Gasteiger partial charge in [0, 0.05) is 24.1 Å². The van der Waals surface area contributed by atoms with Crippen LogP contribution in [0.25, 0.3) is 11.4 Å². The van der Waals surface area contributed by atoms with Gasteiger partial charge >= 0.3 is 0 Å². The van der Waals surface area contributed by atoms with Gasteiger partial charge in [0.25, 0.3) is 0 Å². The van der Waals surface area contributed by atoms with Crippen LogP contribution in [0.3, 0.4) is 0 Å². The van der Waals surface area contributed by atoms with E-state index in [2.05, 4.69) is 36.2 Å². The summed E-state index contributed by atoms with van der Waals surface area (Å²) in [6.45, 7) is 9.20. The van der Waals surface area contributed by atoms with Crippen LogP contribution in [0, 0.1) is 6.92 Å². The summed E-state index contributed by atoms with van der Waals surface area (Å²) >= 11 is 0. The Morgan fingerprint density at radius 1 is 1.29 bits per heavy atom. The summed E-state index contributed by atoms with van der Waals surface area (Å²) in [7, 11) is 1.66. The number of rotatable bonds is 5. The van der Waals surface area contributed by atoms with Crippen molar-refractivity contribution in [3.63, 3.8) is 0 Å². The molecule has 5 nitrogen and oxygen atoms in total. The maximum absolute atomic E-state index is 5.30. The zero-order valence-corrected chi connectivity index (χ0v) is 13.4. The smallest absolute Gasteiger partial charge is 0.228 e. The maximum Gasteiger partial charge on any atom is 0.228 e. The largest absolute Gasteiger partial charge is 0.496 e. The third kappa shape index (κ3) is 4.29. The maximum atomic E-state index is 5.30. The van der Waals surface area contributed by atoms with E-state index >= 15 is 0 Å². The molecule has 0 bridgehead atoms. The molecule has 2 aromatic rings. The molecule has 0 aliphatic heterocycles. The highest BCUT2D eigenvalue weighted by Crippen LogP contribution is 2.24. The van der Waals surface area contributed by atoms with E-state index in [-0.39, 0.29) is 5.54 Å². The van der Waals surface area contributed by atoms with Crippen LogP contribution < -0.4 is 10.1 Å². The van der Waals surface area contributed by atoms with Gasteiger partial charge in [0.1, 0.15) is 5.75 Å². The molecule has 0 unspecified atom stereocenters. The highest BCUT2D eigenvalue weighted by atomic mass is 16.5. The second kappa shape index (κ2) is 6.26. The lowest BCUT2D eigenvalue weighted by Gasteiger charge is -2.19. The summed E-state index contributed by atoms with van der Waals surface area (Å²) in [5, 5.41) is 7.44. The second-order valence-corrected chi connectivity index (χ2v) is 6.12. The molecule has 21 heavy (non-hydrogen) atoms. The topological polar surface area (TPSA) is 60.2 Å². The predicted octanol–water partition coefficient (Wildman–Crippen LogP) is 2.98. The molecule has 0 amide bonds. The summed E-state index contributed by atoms with van der Waals surface area (Å²) in [6, 6.07) is 5.86. The Morgan fingerprint density at radius 2 is 2.05 bits per heavy atom. The Hall–Kier alpha value is -1.88. The molecule has 0 radical (unpaired) electrons. The first-order chi connectivity index (χ1) is 9.89. The third-order valence-corrected chi connectivity index (χ3v) is 3.12. The van der Waals surface area contributed by atoms with Crippen molar-refractivity contribution < 1.29 is 9.26 Å². The fraction of sp³-hybridized carbons (Fsp3) is 0.500. The lowest BCUT2D eigenvalue weighted by molar-refractivity contribution is 0.362. The molecule has 0 saturated heterocycles. The van der Waals surface area contributed by atoms with Gasteiger partial charge in [-0.2, -0.15) is 4.98 Å². The van der Waals surface area contributed by atoms with Crippen LogP contribution in [-0.4, -0.2) is 29.3 Å². The van der Waals surface area contributed by atoms with Crippen molar-refractivity contribution >= 4 is 0 Å².